The van der Waals surface area contributed by atoms with Crippen molar-refractivity contribution in [3.63, 3.8) is 0 Å². The summed E-state index contributed by atoms with van der Waals surface area (Å²) in [5.74, 6) is -0.913. The van der Waals surface area contributed by atoms with E-state index in [1.807, 2.05) is 43.3 Å². The Labute approximate surface area is 133 Å². The second-order valence-corrected chi connectivity index (χ2v) is 5.70. The first-order valence-electron chi connectivity index (χ1n) is 6.91. The van der Waals surface area contributed by atoms with E-state index in [2.05, 4.69) is 4.98 Å². The van der Waals surface area contributed by atoms with Gasteiger partial charge in [-0.05, 0) is 60.9 Å². The molecule has 1 N–H and O–H groups in total. The number of aromatic nitrogens is 1. The molecule has 2 aromatic carbocycles. The molecule has 0 spiro atoms. The van der Waals surface area contributed by atoms with Crippen LogP contribution >= 0.6 is 11.6 Å². The predicted octanol–water partition coefficient (Wildman–Crippen LogP) is 4.49. The minimum absolute atomic E-state index is 0.294. The Kier molecular flexibility index (Phi) is 3.82. The van der Waals surface area contributed by atoms with Crippen LogP contribution in [0.2, 0.25) is 5.02 Å². The highest BCUT2D eigenvalue weighted by Gasteiger charge is 2.07. The van der Waals surface area contributed by atoms with Crippen LogP contribution in [-0.4, -0.2) is 16.1 Å². The molecule has 0 aliphatic carbocycles. The zero-order valence-electron chi connectivity index (χ0n) is 12.0. The number of fused-ring (bicyclic) bond motifs is 1. The second kappa shape index (κ2) is 5.78. The standard InChI is InChI=1S/C18H14ClNO2/c1-11-8-14(16-10-15(19)6-7-17(16)20-11)9-12-2-4-13(5-3-12)18(21)22/h2-8,10H,9H2,1H3,(H,21,22). The van der Waals surface area contributed by atoms with Gasteiger partial charge in [0.15, 0.2) is 0 Å². The highest BCUT2D eigenvalue weighted by atomic mass is 35.5. The summed E-state index contributed by atoms with van der Waals surface area (Å²) in [5.41, 5.74) is 4.35. The summed E-state index contributed by atoms with van der Waals surface area (Å²) < 4.78 is 0. The van der Waals surface area contributed by atoms with E-state index in [0.29, 0.717) is 17.0 Å². The van der Waals surface area contributed by atoms with Gasteiger partial charge in [0.1, 0.15) is 0 Å². The number of nitrogens with zero attached hydrogens (tertiary/aromatic N) is 1. The first-order valence-corrected chi connectivity index (χ1v) is 7.29. The number of aromatic carboxylic acids is 1. The maximum atomic E-state index is 10.9. The fraction of sp³-hybridized carbons (Fsp3) is 0.111. The third kappa shape index (κ3) is 2.95. The first kappa shape index (κ1) is 14.5. The molecule has 110 valence electrons. The summed E-state index contributed by atoms with van der Waals surface area (Å²) in [6.07, 6.45) is 0.708. The number of rotatable bonds is 3. The molecular weight excluding hydrogens is 298 g/mol. The Bertz CT molecular complexity index is 857. The molecule has 0 bridgehead atoms. The molecule has 1 aromatic heterocycles. The van der Waals surface area contributed by atoms with Gasteiger partial charge in [0.2, 0.25) is 0 Å². The number of carbonyl (C=O) groups is 1. The summed E-state index contributed by atoms with van der Waals surface area (Å²) in [6, 6.07) is 14.7. The van der Waals surface area contributed by atoms with Crippen LogP contribution in [0.25, 0.3) is 10.9 Å². The van der Waals surface area contributed by atoms with Crippen molar-refractivity contribution in [2.45, 2.75) is 13.3 Å². The highest BCUT2D eigenvalue weighted by molar-refractivity contribution is 6.31. The van der Waals surface area contributed by atoms with Gasteiger partial charge in [0.25, 0.3) is 0 Å². The lowest BCUT2D eigenvalue weighted by Crippen LogP contribution is -1.97. The smallest absolute Gasteiger partial charge is 0.335 e. The Morgan fingerprint density at radius 1 is 1.14 bits per heavy atom. The maximum Gasteiger partial charge on any atom is 0.335 e. The molecule has 0 aliphatic heterocycles. The number of halogens is 1. The van der Waals surface area contributed by atoms with Crippen LogP contribution in [0.3, 0.4) is 0 Å². The molecule has 3 rings (SSSR count). The molecule has 22 heavy (non-hydrogen) atoms. The summed E-state index contributed by atoms with van der Waals surface area (Å²) >= 11 is 6.10. The van der Waals surface area contributed by atoms with Gasteiger partial charge in [-0.1, -0.05) is 23.7 Å². The molecule has 3 nitrogen and oxygen atoms in total. The molecule has 0 fully saturated rings. The van der Waals surface area contributed by atoms with Crippen LogP contribution in [-0.2, 0) is 6.42 Å². The van der Waals surface area contributed by atoms with Crippen molar-refractivity contribution in [2.24, 2.45) is 0 Å². The van der Waals surface area contributed by atoms with Crippen molar-refractivity contribution in [1.29, 1.82) is 0 Å². The Hall–Kier alpha value is -2.39. The monoisotopic (exact) mass is 311 g/mol. The molecule has 0 saturated heterocycles. The van der Waals surface area contributed by atoms with Crippen molar-refractivity contribution < 1.29 is 9.90 Å². The van der Waals surface area contributed by atoms with Gasteiger partial charge in [-0.2, -0.15) is 0 Å². The molecule has 0 atom stereocenters. The van der Waals surface area contributed by atoms with Crippen LogP contribution in [0.15, 0.2) is 48.5 Å². The van der Waals surface area contributed by atoms with E-state index >= 15 is 0 Å². The number of pyridine rings is 1. The Morgan fingerprint density at radius 2 is 1.86 bits per heavy atom. The molecule has 3 aromatic rings. The zero-order chi connectivity index (χ0) is 15.7. The molecule has 0 radical (unpaired) electrons. The summed E-state index contributed by atoms with van der Waals surface area (Å²) in [6.45, 7) is 1.96. The fourth-order valence-corrected chi connectivity index (χ4v) is 2.72. The minimum atomic E-state index is -0.913. The third-order valence-corrected chi connectivity index (χ3v) is 3.82. The van der Waals surface area contributed by atoms with E-state index in [1.54, 1.807) is 12.1 Å². The van der Waals surface area contributed by atoms with Gasteiger partial charge in [-0.15, -0.1) is 0 Å². The van der Waals surface area contributed by atoms with Gasteiger partial charge >= 0.3 is 5.97 Å². The summed E-state index contributed by atoms with van der Waals surface area (Å²) in [5, 5.41) is 10.7. The van der Waals surface area contributed by atoms with Crippen molar-refractivity contribution in [1.82, 2.24) is 4.98 Å². The van der Waals surface area contributed by atoms with Crippen LogP contribution in [0, 0.1) is 6.92 Å². The minimum Gasteiger partial charge on any atom is -0.478 e. The summed E-state index contributed by atoms with van der Waals surface area (Å²) in [4.78, 5) is 15.4. The van der Waals surface area contributed by atoms with E-state index in [0.717, 1.165) is 27.7 Å². The van der Waals surface area contributed by atoms with Crippen LogP contribution in [0.1, 0.15) is 27.2 Å². The molecule has 0 unspecified atom stereocenters. The molecule has 1 heterocycles. The SMILES string of the molecule is Cc1cc(Cc2ccc(C(=O)O)cc2)c2cc(Cl)ccc2n1. The number of aryl methyl sites for hydroxylation is 1. The van der Waals surface area contributed by atoms with Gasteiger partial charge in [0.05, 0.1) is 11.1 Å². The number of hydrogen-bond acceptors (Lipinski definition) is 2. The normalized spacial score (nSPS) is 10.8. The fourth-order valence-electron chi connectivity index (χ4n) is 2.55. The van der Waals surface area contributed by atoms with Gasteiger partial charge in [0, 0.05) is 16.1 Å². The average molecular weight is 312 g/mol. The van der Waals surface area contributed by atoms with E-state index in [9.17, 15) is 4.79 Å². The van der Waals surface area contributed by atoms with Crippen molar-refractivity contribution in [3.05, 3.63) is 75.9 Å². The van der Waals surface area contributed by atoms with E-state index in [-0.39, 0.29) is 0 Å². The average Bonchev–Trinajstić information content (AvgIpc) is 2.48. The zero-order valence-corrected chi connectivity index (χ0v) is 12.8. The lowest BCUT2D eigenvalue weighted by Gasteiger charge is -2.09. The molecule has 0 amide bonds. The van der Waals surface area contributed by atoms with Gasteiger partial charge in [-0.25, -0.2) is 4.79 Å². The van der Waals surface area contributed by atoms with E-state index < -0.39 is 5.97 Å². The van der Waals surface area contributed by atoms with Crippen LogP contribution in [0.5, 0.6) is 0 Å². The van der Waals surface area contributed by atoms with E-state index in [4.69, 9.17) is 16.7 Å². The lowest BCUT2D eigenvalue weighted by molar-refractivity contribution is 0.0697. The Morgan fingerprint density at radius 3 is 2.55 bits per heavy atom. The molecule has 0 saturated carbocycles. The number of hydrogen-bond donors (Lipinski definition) is 1. The third-order valence-electron chi connectivity index (χ3n) is 3.58. The predicted molar refractivity (Wildman–Crippen MR) is 87.7 cm³/mol. The van der Waals surface area contributed by atoms with Crippen molar-refractivity contribution >= 4 is 28.5 Å². The van der Waals surface area contributed by atoms with Crippen LogP contribution < -0.4 is 0 Å². The van der Waals surface area contributed by atoms with E-state index in [1.165, 1.54) is 0 Å². The second-order valence-electron chi connectivity index (χ2n) is 5.26. The first-order chi connectivity index (χ1) is 10.5. The largest absolute Gasteiger partial charge is 0.478 e. The van der Waals surface area contributed by atoms with Gasteiger partial charge in [-0.3, -0.25) is 4.98 Å². The topological polar surface area (TPSA) is 50.2 Å². The molecule has 4 heteroatoms. The highest BCUT2D eigenvalue weighted by Crippen LogP contribution is 2.24. The molecule has 0 aliphatic rings. The number of benzene rings is 2. The molecular formula is C18H14ClNO2. The maximum absolute atomic E-state index is 10.9. The van der Waals surface area contributed by atoms with Crippen molar-refractivity contribution in [2.75, 3.05) is 0 Å². The Balaban J connectivity index is 2.02. The quantitative estimate of drug-likeness (QED) is 0.775. The lowest BCUT2D eigenvalue weighted by atomic mass is 9.99. The summed E-state index contributed by atoms with van der Waals surface area (Å²) in [7, 11) is 0. The van der Waals surface area contributed by atoms with Gasteiger partial charge < -0.3 is 5.11 Å². The van der Waals surface area contributed by atoms with Crippen LogP contribution in [0.4, 0.5) is 0 Å². The van der Waals surface area contributed by atoms with Crippen molar-refractivity contribution in [3.8, 4) is 0 Å². The number of carboxylic acids is 1. The number of carboxylic acid groups (broad SMARTS) is 1.